The fourth-order valence-electron chi connectivity index (χ4n) is 2.37. The van der Waals surface area contributed by atoms with Crippen molar-refractivity contribution in [2.24, 2.45) is 11.1 Å². The molecule has 1 unspecified atom stereocenters. The summed E-state index contributed by atoms with van der Waals surface area (Å²) in [6, 6.07) is 3.72. The highest BCUT2D eigenvalue weighted by Gasteiger charge is 2.37. The minimum absolute atomic E-state index is 0.0556. The van der Waals surface area contributed by atoms with Crippen molar-refractivity contribution in [3.63, 3.8) is 0 Å². The number of nitrogens with two attached hydrogens (primary N) is 1. The van der Waals surface area contributed by atoms with Gasteiger partial charge in [-0.1, -0.05) is 15.9 Å². The van der Waals surface area contributed by atoms with E-state index in [1.54, 1.807) is 0 Å². The van der Waals surface area contributed by atoms with Gasteiger partial charge in [0.05, 0.1) is 11.4 Å². The molecular formula is C12H12BrF3N2O4S. The first kappa shape index (κ1) is 18.0. The number of carbonyl (C=O) groups excluding carboxylic acids is 1. The summed E-state index contributed by atoms with van der Waals surface area (Å²) in [5.41, 5.74) is -0.0846. The molecule has 0 spiro atoms. The van der Waals surface area contributed by atoms with Gasteiger partial charge in [-0.15, -0.1) is 13.2 Å². The van der Waals surface area contributed by atoms with Crippen molar-refractivity contribution in [2.45, 2.75) is 12.8 Å². The lowest BCUT2D eigenvalue weighted by molar-refractivity contribution is -0.274. The first-order valence-corrected chi connectivity index (χ1v) is 8.81. The van der Waals surface area contributed by atoms with E-state index >= 15 is 0 Å². The molecule has 23 heavy (non-hydrogen) atoms. The maximum absolute atomic E-state index is 12.5. The van der Waals surface area contributed by atoms with Gasteiger partial charge in [-0.25, -0.2) is 13.6 Å². The van der Waals surface area contributed by atoms with Gasteiger partial charge in [-0.2, -0.15) is 0 Å². The number of primary sulfonamides is 1. The lowest BCUT2D eigenvalue weighted by Gasteiger charge is -2.21. The minimum Gasteiger partial charge on any atom is -0.404 e. The first-order chi connectivity index (χ1) is 10.4. The third-order valence-electron chi connectivity index (χ3n) is 3.11. The fraction of sp³-hybridized carbons (Fsp3) is 0.417. The summed E-state index contributed by atoms with van der Waals surface area (Å²) in [7, 11) is -3.78. The Morgan fingerprint density at radius 3 is 2.61 bits per heavy atom. The SMILES string of the molecule is NS(=O)(=O)CC1CC(=O)N(c2cc(Br)ccc2OC(F)(F)F)C1. The van der Waals surface area contributed by atoms with Crippen molar-refractivity contribution < 1.29 is 31.1 Å². The van der Waals surface area contributed by atoms with E-state index in [9.17, 15) is 26.4 Å². The van der Waals surface area contributed by atoms with E-state index < -0.39 is 39.7 Å². The number of nitrogens with zero attached hydrogens (tertiary/aromatic N) is 1. The predicted octanol–water partition coefficient (Wildman–Crippen LogP) is 1.99. The molecule has 1 aliphatic rings. The van der Waals surface area contributed by atoms with Gasteiger partial charge in [-0.05, 0) is 18.2 Å². The van der Waals surface area contributed by atoms with Crippen LogP contribution in [-0.2, 0) is 14.8 Å². The minimum atomic E-state index is -4.91. The van der Waals surface area contributed by atoms with E-state index in [0.717, 1.165) is 11.0 Å². The predicted molar refractivity (Wildman–Crippen MR) is 79.3 cm³/mol. The van der Waals surface area contributed by atoms with Crippen molar-refractivity contribution in [1.82, 2.24) is 0 Å². The summed E-state index contributed by atoms with van der Waals surface area (Å²) in [4.78, 5) is 13.1. The van der Waals surface area contributed by atoms with Crippen LogP contribution in [0.4, 0.5) is 18.9 Å². The maximum Gasteiger partial charge on any atom is 0.573 e. The van der Waals surface area contributed by atoms with Crippen LogP contribution in [0.1, 0.15) is 6.42 Å². The number of benzene rings is 1. The Morgan fingerprint density at radius 1 is 1.39 bits per heavy atom. The fourth-order valence-corrected chi connectivity index (χ4v) is 3.60. The summed E-state index contributed by atoms with van der Waals surface area (Å²) in [6.07, 6.45) is -5.03. The van der Waals surface area contributed by atoms with Crippen LogP contribution >= 0.6 is 15.9 Å². The van der Waals surface area contributed by atoms with E-state index in [-0.39, 0.29) is 18.7 Å². The average molecular weight is 417 g/mol. The van der Waals surface area contributed by atoms with E-state index in [0.29, 0.717) is 4.47 Å². The summed E-state index contributed by atoms with van der Waals surface area (Å²) >= 11 is 3.12. The van der Waals surface area contributed by atoms with Crippen molar-refractivity contribution in [2.75, 3.05) is 17.2 Å². The van der Waals surface area contributed by atoms with Crippen molar-refractivity contribution >= 4 is 37.5 Å². The maximum atomic E-state index is 12.5. The highest BCUT2D eigenvalue weighted by atomic mass is 79.9. The molecule has 1 fully saturated rings. The van der Waals surface area contributed by atoms with Gasteiger partial charge in [0.25, 0.3) is 0 Å². The third-order valence-corrected chi connectivity index (χ3v) is 4.54. The molecule has 1 atom stereocenters. The highest BCUT2D eigenvalue weighted by Crippen LogP contribution is 2.38. The number of hydrogen-bond donors (Lipinski definition) is 1. The van der Waals surface area contributed by atoms with Gasteiger partial charge in [0.2, 0.25) is 15.9 Å². The molecule has 1 heterocycles. The van der Waals surface area contributed by atoms with Gasteiger partial charge in [0.15, 0.2) is 5.75 Å². The van der Waals surface area contributed by atoms with Gasteiger partial charge < -0.3 is 9.64 Å². The first-order valence-electron chi connectivity index (χ1n) is 6.31. The zero-order valence-electron chi connectivity index (χ0n) is 11.5. The molecule has 6 nitrogen and oxygen atoms in total. The molecule has 1 aromatic rings. The second-order valence-corrected chi connectivity index (χ2v) is 7.64. The molecule has 0 bridgehead atoms. The zero-order chi connectivity index (χ0) is 17.4. The molecule has 11 heteroatoms. The Bertz CT molecular complexity index is 724. The Hall–Kier alpha value is -1.33. The van der Waals surface area contributed by atoms with Crippen molar-refractivity contribution in [1.29, 1.82) is 0 Å². The quantitative estimate of drug-likeness (QED) is 0.812. The van der Waals surface area contributed by atoms with E-state index in [1.165, 1.54) is 12.1 Å². The van der Waals surface area contributed by atoms with Crippen molar-refractivity contribution in [3.05, 3.63) is 22.7 Å². The Balaban J connectivity index is 2.30. The number of carbonyl (C=O) groups is 1. The van der Waals surface area contributed by atoms with E-state index in [1.807, 2.05) is 0 Å². The number of alkyl halides is 3. The Labute approximate surface area is 138 Å². The van der Waals surface area contributed by atoms with E-state index in [4.69, 9.17) is 5.14 Å². The van der Waals surface area contributed by atoms with Crippen LogP contribution in [0.2, 0.25) is 0 Å². The molecule has 1 saturated heterocycles. The number of rotatable bonds is 4. The molecule has 0 aliphatic carbocycles. The van der Waals surface area contributed by atoms with Crippen LogP contribution < -0.4 is 14.8 Å². The molecule has 1 amide bonds. The van der Waals surface area contributed by atoms with Gasteiger partial charge in [0.1, 0.15) is 0 Å². The number of hydrogen-bond acceptors (Lipinski definition) is 4. The molecule has 0 saturated carbocycles. The van der Waals surface area contributed by atoms with Gasteiger partial charge in [0, 0.05) is 23.4 Å². The van der Waals surface area contributed by atoms with E-state index in [2.05, 4.69) is 20.7 Å². The number of ether oxygens (including phenoxy) is 1. The highest BCUT2D eigenvalue weighted by molar-refractivity contribution is 9.10. The largest absolute Gasteiger partial charge is 0.573 e. The lowest BCUT2D eigenvalue weighted by atomic mass is 10.1. The molecule has 128 valence electrons. The van der Waals surface area contributed by atoms with Crippen LogP contribution in [0.25, 0.3) is 0 Å². The molecular weight excluding hydrogens is 405 g/mol. The molecule has 2 N–H and O–H groups in total. The van der Waals surface area contributed by atoms with Crippen LogP contribution in [0.3, 0.4) is 0 Å². The normalized spacial score (nSPS) is 19.3. The lowest BCUT2D eigenvalue weighted by Crippen LogP contribution is -2.28. The van der Waals surface area contributed by atoms with Crippen LogP contribution in [0, 0.1) is 5.92 Å². The van der Waals surface area contributed by atoms with Gasteiger partial charge >= 0.3 is 6.36 Å². The third kappa shape index (κ3) is 5.08. The molecule has 1 aliphatic heterocycles. The standard InChI is InChI=1S/C12H12BrF3N2O4S/c13-8-1-2-10(22-12(14,15)16)9(4-8)18-5-7(3-11(18)19)6-23(17,20)21/h1-2,4,7H,3,5-6H2,(H2,17,20,21). The summed E-state index contributed by atoms with van der Waals surface area (Å²) in [5.74, 6) is -2.04. The summed E-state index contributed by atoms with van der Waals surface area (Å²) in [6.45, 7) is -0.0556. The molecule has 2 rings (SSSR count). The van der Waals surface area contributed by atoms with Crippen LogP contribution in [-0.4, -0.2) is 33.0 Å². The molecule has 1 aromatic carbocycles. The topological polar surface area (TPSA) is 89.7 Å². The van der Waals surface area contributed by atoms with Crippen molar-refractivity contribution in [3.8, 4) is 5.75 Å². The Morgan fingerprint density at radius 2 is 2.04 bits per heavy atom. The number of amides is 1. The Kier molecular flexibility index (Phi) is 4.92. The zero-order valence-corrected chi connectivity index (χ0v) is 13.9. The number of halogens is 4. The molecule has 0 aromatic heterocycles. The average Bonchev–Trinajstić information content (AvgIpc) is 2.68. The monoisotopic (exact) mass is 416 g/mol. The second-order valence-electron chi connectivity index (χ2n) is 5.06. The number of anilines is 1. The number of sulfonamides is 1. The van der Waals surface area contributed by atoms with Crippen LogP contribution in [0.5, 0.6) is 5.75 Å². The molecule has 0 radical (unpaired) electrons. The van der Waals surface area contributed by atoms with Gasteiger partial charge in [-0.3, -0.25) is 4.79 Å². The summed E-state index contributed by atoms with van der Waals surface area (Å²) in [5, 5.41) is 4.94. The second kappa shape index (κ2) is 6.29. The smallest absolute Gasteiger partial charge is 0.404 e. The van der Waals surface area contributed by atoms with Crippen LogP contribution in [0.15, 0.2) is 22.7 Å². The summed E-state index contributed by atoms with van der Waals surface area (Å²) < 4.78 is 64.0.